The summed E-state index contributed by atoms with van der Waals surface area (Å²) in [6.45, 7) is 9.65. The fraction of sp³-hybridized carbons (Fsp3) is 0.571. The van der Waals surface area contributed by atoms with Crippen LogP contribution in [0.2, 0.25) is 0 Å². The normalized spacial score (nSPS) is 18.0. The first-order valence-electron chi connectivity index (χ1n) is 13.8. The molecule has 208 valence electrons. The van der Waals surface area contributed by atoms with E-state index in [4.69, 9.17) is 29.5 Å². The minimum Gasteiger partial charge on any atom is -0.390 e. The molecule has 5 heterocycles. The van der Waals surface area contributed by atoms with Crippen molar-refractivity contribution in [1.82, 2.24) is 34.2 Å². The molecule has 0 bridgehead atoms. The van der Waals surface area contributed by atoms with Crippen molar-refractivity contribution in [2.75, 3.05) is 51.4 Å². The van der Waals surface area contributed by atoms with E-state index >= 15 is 0 Å². The number of fused-ring (bicyclic) bond motifs is 2. The van der Waals surface area contributed by atoms with Gasteiger partial charge in [-0.1, -0.05) is 18.2 Å². The molecule has 0 spiro atoms. The molecule has 0 unspecified atom stereocenters. The highest BCUT2D eigenvalue weighted by Gasteiger charge is 2.31. The van der Waals surface area contributed by atoms with E-state index in [1.54, 1.807) is 7.11 Å². The standard InChI is InChI=1S/C28H38N8O3/c1-28(2,37)19-9-11-34(12-10-19)17-23-29-24-25(33(23)3)30-27(31-26(24)35-13-15-39-16-14-35)36-22-8-6-5-7-20(22)21(32-36)18-38-4/h5-8,19,37H,9-18H2,1-4H3. The number of benzene rings is 1. The lowest BCUT2D eigenvalue weighted by molar-refractivity contribution is -0.0139. The fourth-order valence-electron chi connectivity index (χ4n) is 5.84. The Morgan fingerprint density at radius 3 is 2.51 bits per heavy atom. The lowest BCUT2D eigenvalue weighted by atomic mass is 9.83. The van der Waals surface area contributed by atoms with Gasteiger partial charge >= 0.3 is 0 Å². The monoisotopic (exact) mass is 534 g/mol. The van der Waals surface area contributed by atoms with Crippen molar-refractivity contribution in [2.24, 2.45) is 13.0 Å². The molecule has 0 amide bonds. The van der Waals surface area contributed by atoms with E-state index in [1.165, 1.54) is 0 Å². The van der Waals surface area contributed by atoms with E-state index < -0.39 is 5.60 Å². The number of aliphatic hydroxyl groups is 1. The van der Waals surface area contributed by atoms with Crippen LogP contribution in [0.15, 0.2) is 24.3 Å². The summed E-state index contributed by atoms with van der Waals surface area (Å²) in [5, 5.41) is 16.3. The molecule has 4 aromatic rings. The highest BCUT2D eigenvalue weighted by atomic mass is 16.5. The van der Waals surface area contributed by atoms with Crippen LogP contribution in [-0.4, -0.2) is 91.4 Å². The maximum Gasteiger partial charge on any atom is 0.255 e. The second-order valence-electron chi connectivity index (χ2n) is 11.2. The minimum absolute atomic E-state index is 0.322. The van der Waals surface area contributed by atoms with Gasteiger partial charge in [-0.05, 0) is 51.8 Å². The third kappa shape index (κ3) is 5.00. The average Bonchev–Trinajstić information content (AvgIpc) is 3.46. The largest absolute Gasteiger partial charge is 0.390 e. The molecule has 2 aliphatic heterocycles. The molecule has 0 radical (unpaired) electrons. The number of aromatic nitrogens is 6. The number of hydrogen-bond donors (Lipinski definition) is 1. The van der Waals surface area contributed by atoms with Crippen LogP contribution in [0.4, 0.5) is 5.82 Å². The Morgan fingerprint density at radius 2 is 1.79 bits per heavy atom. The molecule has 11 heteroatoms. The second kappa shape index (κ2) is 10.5. The molecule has 2 fully saturated rings. The summed E-state index contributed by atoms with van der Waals surface area (Å²) in [5.74, 6) is 2.61. The third-order valence-electron chi connectivity index (χ3n) is 8.18. The Kier molecular flexibility index (Phi) is 7.00. The molecule has 11 nitrogen and oxygen atoms in total. The summed E-state index contributed by atoms with van der Waals surface area (Å²) >= 11 is 0. The Bertz CT molecular complexity index is 1460. The lowest BCUT2D eigenvalue weighted by Gasteiger charge is -2.37. The number of imidazole rings is 1. The number of para-hydroxylation sites is 1. The summed E-state index contributed by atoms with van der Waals surface area (Å²) in [6, 6.07) is 8.10. The van der Waals surface area contributed by atoms with Crippen LogP contribution in [0.5, 0.6) is 0 Å². The van der Waals surface area contributed by atoms with Gasteiger partial charge in [-0.15, -0.1) is 0 Å². The zero-order chi connectivity index (χ0) is 27.1. The highest BCUT2D eigenvalue weighted by Crippen LogP contribution is 2.31. The van der Waals surface area contributed by atoms with Gasteiger partial charge in [-0.2, -0.15) is 19.7 Å². The van der Waals surface area contributed by atoms with Crippen molar-refractivity contribution < 1.29 is 14.6 Å². The van der Waals surface area contributed by atoms with Crippen LogP contribution >= 0.6 is 0 Å². The molecule has 2 saturated heterocycles. The Labute approximate surface area is 228 Å². The van der Waals surface area contributed by atoms with Crippen LogP contribution in [0.1, 0.15) is 38.2 Å². The summed E-state index contributed by atoms with van der Waals surface area (Å²) in [5.41, 5.74) is 2.75. The van der Waals surface area contributed by atoms with Crippen LogP contribution in [0.25, 0.3) is 28.0 Å². The summed E-state index contributed by atoms with van der Waals surface area (Å²) in [6.07, 6.45) is 1.96. The van der Waals surface area contributed by atoms with Crippen molar-refractivity contribution in [3.63, 3.8) is 0 Å². The van der Waals surface area contributed by atoms with E-state index in [-0.39, 0.29) is 0 Å². The molecule has 2 aliphatic rings. The molecule has 0 atom stereocenters. The van der Waals surface area contributed by atoms with Crippen molar-refractivity contribution in [3.05, 3.63) is 35.8 Å². The van der Waals surface area contributed by atoms with Crippen molar-refractivity contribution >= 4 is 27.9 Å². The first-order valence-corrected chi connectivity index (χ1v) is 13.8. The first-order chi connectivity index (χ1) is 18.8. The van der Waals surface area contributed by atoms with Crippen molar-refractivity contribution in [2.45, 2.75) is 45.4 Å². The first kappa shape index (κ1) is 26.1. The SMILES string of the molecule is COCc1nn(-c2nc(N3CCOCC3)c3nc(CN4CCC(C(C)(C)O)CC4)n(C)c3n2)c2ccccc12. The molecular formula is C28H38N8O3. The Hall–Kier alpha value is -3.12. The average molecular weight is 535 g/mol. The van der Waals surface area contributed by atoms with Crippen molar-refractivity contribution in [1.29, 1.82) is 0 Å². The summed E-state index contributed by atoms with van der Waals surface area (Å²) in [4.78, 5) is 19.8. The van der Waals surface area contributed by atoms with Crippen LogP contribution in [0, 0.1) is 5.92 Å². The fourth-order valence-corrected chi connectivity index (χ4v) is 5.84. The summed E-state index contributed by atoms with van der Waals surface area (Å²) in [7, 11) is 3.71. The molecular weight excluding hydrogens is 496 g/mol. The predicted octanol–water partition coefficient (Wildman–Crippen LogP) is 2.67. The molecule has 3 aromatic heterocycles. The lowest BCUT2D eigenvalue weighted by Crippen LogP contribution is -2.41. The second-order valence-corrected chi connectivity index (χ2v) is 11.2. The molecule has 6 rings (SSSR count). The number of nitrogens with zero attached hydrogens (tertiary/aromatic N) is 8. The minimum atomic E-state index is -0.636. The number of methoxy groups -OCH3 is 1. The quantitative estimate of drug-likeness (QED) is 0.383. The van der Waals surface area contributed by atoms with Crippen LogP contribution in [0.3, 0.4) is 0 Å². The van der Waals surface area contributed by atoms with E-state index in [0.29, 0.717) is 31.7 Å². The zero-order valence-corrected chi connectivity index (χ0v) is 23.3. The number of piperidine rings is 1. The van der Waals surface area contributed by atoms with Gasteiger partial charge in [0.05, 0.1) is 43.2 Å². The van der Waals surface area contributed by atoms with Gasteiger partial charge in [-0.3, -0.25) is 4.90 Å². The van der Waals surface area contributed by atoms with Gasteiger partial charge < -0.3 is 24.0 Å². The van der Waals surface area contributed by atoms with Crippen LogP contribution in [-0.2, 0) is 29.7 Å². The number of aryl methyl sites for hydroxylation is 1. The smallest absolute Gasteiger partial charge is 0.255 e. The van der Waals surface area contributed by atoms with Crippen molar-refractivity contribution in [3.8, 4) is 5.95 Å². The maximum absolute atomic E-state index is 10.5. The number of anilines is 1. The Balaban J connectivity index is 1.41. The molecule has 39 heavy (non-hydrogen) atoms. The van der Waals surface area contributed by atoms with E-state index in [2.05, 4.69) is 20.4 Å². The maximum atomic E-state index is 10.5. The van der Waals surface area contributed by atoms with Gasteiger partial charge in [0.1, 0.15) is 5.82 Å². The van der Waals surface area contributed by atoms with E-state index in [1.807, 2.05) is 43.8 Å². The number of rotatable bonds is 7. The highest BCUT2D eigenvalue weighted by molar-refractivity contribution is 5.86. The number of morpholine rings is 1. The van der Waals surface area contributed by atoms with Crippen LogP contribution < -0.4 is 4.90 Å². The predicted molar refractivity (Wildman–Crippen MR) is 149 cm³/mol. The van der Waals surface area contributed by atoms with E-state index in [0.717, 1.165) is 85.0 Å². The number of likely N-dealkylation sites (tertiary alicyclic amines) is 1. The van der Waals surface area contributed by atoms with Gasteiger partial charge in [0, 0.05) is 32.6 Å². The zero-order valence-electron chi connectivity index (χ0n) is 23.3. The molecule has 1 aromatic carbocycles. The molecule has 0 saturated carbocycles. The van der Waals surface area contributed by atoms with Gasteiger partial charge in [0.15, 0.2) is 17.0 Å². The van der Waals surface area contributed by atoms with E-state index in [9.17, 15) is 5.11 Å². The van der Waals surface area contributed by atoms with Gasteiger partial charge in [0.25, 0.3) is 5.95 Å². The molecule has 0 aliphatic carbocycles. The topological polar surface area (TPSA) is 107 Å². The number of hydrogen-bond acceptors (Lipinski definition) is 9. The Morgan fingerprint density at radius 1 is 1.05 bits per heavy atom. The molecule has 1 N–H and O–H groups in total. The summed E-state index contributed by atoms with van der Waals surface area (Å²) < 4.78 is 15.0. The van der Waals surface area contributed by atoms with Gasteiger partial charge in [-0.25, -0.2) is 4.98 Å². The number of ether oxygens (including phenoxy) is 2. The third-order valence-corrected chi connectivity index (χ3v) is 8.18. The van der Waals surface area contributed by atoms with Gasteiger partial charge in [0.2, 0.25) is 0 Å².